The van der Waals surface area contributed by atoms with Crippen LogP contribution in [-0.2, 0) is 4.74 Å². The molecule has 0 aliphatic heterocycles. The second kappa shape index (κ2) is 6.61. The van der Waals surface area contributed by atoms with Gasteiger partial charge in [0.2, 0.25) is 5.88 Å². The van der Waals surface area contributed by atoms with E-state index in [9.17, 15) is 0 Å². The van der Waals surface area contributed by atoms with Gasteiger partial charge in [-0.2, -0.15) is 0 Å². The Bertz CT molecular complexity index is 195. The number of methoxy groups -OCH3 is 1. The van der Waals surface area contributed by atoms with Crippen molar-refractivity contribution in [2.75, 3.05) is 20.7 Å². The van der Waals surface area contributed by atoms with Crippen molar-refractivity contribution in [2.45, 2.75) is 6.92 Å². The molecule has 0 aliphatic carbocycles. The number of hydrogen-bond donors (Lipinski definition) is 1. The van der Waals surface area contributed by atoms with E-state index in [1.807, 2.05) is 20.0 Å². The highest BCUT2D eigenvalue weighted by molar-refractivity contribution is 5.72. The molecule has 0 bridgehead atoms. The summed E-state index contributed by atoms with van der Waals surface area (Å²) in [5.41, 5.74) is 1.21. The summed E-state index contributed by atoms with van der Waals surface area (Å²) in [4.78, 5) is 3.92. The zero-order valence-electron chi connectivity index (χ0n) is 7.92. The van der Waals surface area contributed by atoms with Gasteiger partial charge in [-0.15, -0.1) is 0 Å². The van der Waals surface area contributed by atoms with Crippen molar-refractivity contribution in [2.24, 2.45) is 4.99 Å². The zero-order valence-corrected chi connectivity index (χ0v) is 7.92. The van der Waals surface area contributed by atoms with Gasteiger partial charge < -0.3 is 10.1 Å². The third-order valence-electron chi connectivity index (χ3n) is 1.27. The number of ether oxygens (including phenoxy) is 1. The highest BCUT2D eigenvalue weighted by Gasteiger charge is 1.83. The molecular formula is C9H16N2O. The highest BCUT2D eigenvalue weighted by Crippen LogP contribution is 1.91. The van der Waals surface area contributed by atoms with Gasteiger partial charge in [-0.3, -0.25) is 0 Å². The fourth-order valence-electron chi connectivity index (χ4n) is 0.638. The molecule has 0 unspecified atom stereocenters. The van der Waals surface area contributed by atoms with E-state index in [1.165, 1.54) is 5.57 Å². The molecule has 0 aromatic carbocycles. The fourth-order valence-corrected chi connectivity index (χ4v) is 0.638. The molecule has 0 aromatic rings. The van der Waals surface area contributed by atoms with Gasteiger partial charge in [0.1, 0.15) is 0 Å². The van der Waals surface area contributed by atoms with Crippen LogP contribution in [0.25, 0.3) is 0 Å². The van der Waals surface area contributed by atoms with E-state index in [1.54, 1.807) is 13.3 Å². The zero-order chi connectivity index (χ0) is 9.40. The van der Waals surface area contributed by atoms with E-state index in [2.05, 4.69) is 16.9 Å². The second-order valence-electron chi connectivity index (χ2n) is 2.42. The maximum atomic E-state index is 4.75. The number of hydrogen-bond acceptors (Lipinski definition) is 3. The number of allylic oxidation sites excluding steroid dienone is 1. The minimum atomic E-state index is 0.420. The van der Waals surface area contributed by atoms with Crippen LogP contribution in [-0.4, -0.2) is 26.9 Å². The van der Waals surface area contributed by atoms with Crippen molar-refractivity contribution in [1.29, 1.82) is 0 Å². The Morgan fingerprint density at radius 3 is 2.83 bits per heavy atom. The average Bonchev–Trinajstić information content (AvgIpc) is 2.04. The Morgan fingerprint density at radius 2 is 2.33 bits per heavy atom. The molecule has 0 amide bonds. The molecule has 68 valence electrons. The molecule has 0 radical (unpaired) electrons. The van der Waals surface area contributed by atoms with Gasteiger partial charge in [0.05, 0.1) is 7.11 Å². The first-order valence-corrected chi connectivity index (χ1v) is 3.78. The molecule has 0 heterocycles. The lowest BCUT2D eigenvalue weighted by atomic mass is 10.3. The van der Waals surface area contributed by atoms with Crippen molar-refractivity contribution in [3.05, 3.63) is 24.1 Å². The van der Waals surface area contributed by atoms with Gasteiger partial charge in [0.25, 0.3) is 0 Å². The SMILES string of the molecule is C=C(N=C/C=C(/C)CNC)OC. The molecule has 0 saturated carbocycles. The molecule has 12 heavy (non-hydrogen) atoms. The van der Waals surface area contributed by atoms with Crippen molar-refractivity contribution >= 4 is 6.21 Å². The van der Waals surface area contributed by atoms with Crippen LogP contribution in [0.4, 0.5) is 0 Å². The van der Waals surface area contributed by atoms with Crippen molar-refractivity contribution in [3.8, 4) is 0 Å². The van der Waals surface area contributed by atoms with Gasteiger partial charge in [-0.05, 0) is 26.6 Å². The molecule has 0 aromatic heterocycles. The second-order valence-corrected chi connectivity index (χ2v) is 2.42. The molecule has 0 saturated heterocycles. The first-order valence-electron chi connectivity index (χ1n) is 3.78. The molecular weight excluding hydrogens is 152 g/mol. The maximum Gasteiger partial charge on any atom is 0.205 e. The molecule has 0 spiro atoms. The highest BCUT2D eigenvalue weighted by atomic mass is 16.5. The van der Waals surface area contributed by atoms with E-state index in [0.29, 0.717) is 5.88 Å². The topological polar surface area (TPSA) is 33.6 Å². The van der Waals surface area contributed by atoms with Crippen LogP contribution in [0.5, 0.6) is 0 Å². The van der Waals surface area contributed by atoms with E-state index in [0.717, 1.165) is 6.54 Å². The summed E-state index contributed by atoms with van der Waals surface area (Å²) in [6, 6.07) is 0. The quantitative estimate of drug-likeness (QED) is 0.496. The standard InChI is InChI=1S/C9H16N2O/c1-8(7-10-3)5-6-11-9(2)12-4/h5-6,10H,2,7H2,1,3-4H3/b8-5-,11-6?. The first-order chi connectivity index (χ1) is 5.70. The number of aliphatic imine (C=N–C) groups is 1. The van der Waals surface area contributed by atoms with Gasteiger partial charge in [-0.25, -0.2) is 4.99 Å². The monoisotopic (exact) mass is 168 g/mol. The summed E-state index contributed by atoms with van der Waals surface area (Å²) in [5, 5.41) is 3.04. The Hall–Kier alpha value is -1.09. The van der Waals surface area contributed by atoms with E-state index >= 15 is 0 Å². The van der Waals surface area contributed by atoms with Crippen LogP contribution in [0.15, 0.2) is 29.1 Å². The average molecular weight is 168 g/mol. The Balaban J connectivity index is 3.85. The summed E-state index contributed by atoms with van der Waals surface area (Å²) in [6.45, 7) is 6.44. The lowest BCUT2D eigenvalue weighted by Gasteiger charge is -1.96. The van der Waals surface area contributed by atoms with Gasteiger partial charge >= 0.3 is 0 Å². The number of likely N-dealkylation sites (N-methyl/N-ethyl adjacent to an activating group) is 1. The lowest BCUT2D eigenvalue weighted by molar-refractivity contribution is 0.291. The van der Waals surface area contributed by atoms with Crippen LogP contribution in [0.2, 0.25) is 0 Å². The van der Waals surface area contributed by atoms with Crippen LogP contribution in [0.1, 0.15) is 6.92 Å². The van der Waals surface area contributed by atoms with Gasteiger partial charge in [-0.1, -0.05) is 5.57 Å². The largest absolute Gasteiger partial charge is 0.481 e. The predicted molar refractivity (Wildman–Crippen MR) is 52.3 cm³/mol. The lowest BCUT2D eigenvalue weighted by Crippen LogP contribution is -2.08. The van der Waals surface area contributed by atoms with Crippen molar-refractivity contribution in [1.82, 2.24) is 5.32 Å². The van der Waals surface area contributed by atoms with Gasteiger partial charge in [0, 0.05) is 12.8 Å². The van der Waals surface area contributed by atoms with Crippen molar-refractivity contribution < 1.29 is 4.74 Å². The first kappa shape index (κ1) is 10.9. The van der Waals surface area contributed by atoms with Crippen LogP contribution in [0, 0.1) is 0 Å². The van der Waals surface area contributed by atoms with Crippen molar-refractivity contribution in [3.63, 3.8) is 0 Å². The minimum absolute atomic E-state index is 0.420. The van der Waals surface area contributed by atoms with Crippen LogP contribution < -0.4 is 5.32 Å². The normalized spacial score (nSPS) is 12.1. The van der Waals surface area contributed by atoms with E-state index in [-0.39, 0.29) is 0 Å². The van der Waals surface area contributed by atoms with E-state index in [4.69, 9.17) is 4.74 Å². The third-order valence-corrected chi connectivity index (χ3v) is 1.27. The molecule has 1 N–H and O–H groups in total. The molecule has 3 heteroatoms. The molecule has 0 rings (SSSR count). The summed E-state index contributed by atoms with van der Waals surface area (Å²) in [6.07, 6.45) is 3.60. The summed E-state index contributed by atoms with van der Waals surface area (Å²) >= 11 is 0. The fraction of sp³-hybridized carbons (Fsp3) is 0.444. The number of nitrogens with zero attached hydrogens (tertiary/aromatic N) is 1. The summed E-state index contributed by atoms with van der Waals surface area (Å²) in [5.74, 6) is 0.420. The van der Waals surface area contributed by atoms with Crippen LogP contribution >= 0.6 is 0 Å². The number of rotatable bonds is 5. The summed E-state index contributed by atoms with van der Waals surface area (Å²) in [7, 11) is 3.45. The molecule has 0 fully saturated rings. The van der Waals surface area contributed by atoms with Gasteiger partial charge in [0.15, 0.2) is 0 Å². The molecule has 0 aliphatic rings. The third kappa shape index (κ3) is 5.68. The number of nitrogens with one attached hydrogen (secondary N) is 1. The predicted octanol–water partition coefficient (Wildman–Crippen LogP) is 1.34. The Labute approximate surface area is 73.8 Å². The Kier molecular flexibility index (Phi) is 6.01. The maximum absolute atomic E-state index is 4.75. The summed E-state index contributed by atoms with van der Waals surface area (Å²) < 4.78 is 4.75. The molecule has 0 atom stereocenters. The minimum Gasteiger partial charge on any atom is -0.481 e. The van der Waals surface area contributed by atoms with E-state index < -0.39 is 0 Å². The Morgan fingerprint density at radius 1 is 1.67 bits per heavy atom. The van der Waals surface area contributed by atoms with Crippen LogP contribution in [0.3, 0.4) is 0 Å². The molecule has 3 nitrogen and oxygen atoms in total. The smallest absolute Gasteiger partial charge is 0.205 e.